The minimum Gasteiger partial charge on any atom is -0.497 e. The molecular weight excluding hydrogens is 631 g/mol. The highest BCUT2D eigenvalue weighted by Gasteiger charge is 2.57. The van der Waals surface area contributed by atoms with Crippen LogP contribution in [0.1, 0.15) is 33.6 Å². The van der Waals surface area contributed by atoms with Crippen LogP contribution in [-0.4, -0.2) is 54.3 Å². The summed E-state index contributed by atoms with van der Waals surface area (Å²) in [6.45, 7) is 1.64. The molecule has 236 valence electrons. The van der Waals surface area contributed by atoms with Gasteiger partial charge in [-0.05, 0) is 61.5 Å². The molecule has 1 N–H and O–H groups in total. The number of para-hydroxylation sites is 1. The Kier molecular flexibility index (Phi) is 8.69. The van der Waals surface area contributed by atoms with Crippen LogP contribution in [0.3, 0.4) is 0 Å². The van der Waals surface area contributed by atoms with Gasteiger partial charge in [0.1, 0.15) is 23.3 Å². The number of carbonyl (C=O) groups excluding carboxylic acids is 4. The summed E-state index contributed by atoms with van der Waals surface area (Å²) in [5.41, 5.74) is 1.86. The topological polar surface area (TPSA) is 133 Å². The number of nitrogens with zero attached hydrogens (tertiary/aromatic N) is 2. The molecule has 0 bridgehead atoms. The van der Waals surface area contributed by atoms with Gasteiger partial charge >= 0.3 is 10.8 Å². The first-order valence-corrected chi connectivity index (χ1v) is 16.1. The molecule has 3 aromatic carbocycles. The maximum absolute atomic E-state index is 14.1. The number of hydrogen-bond acceptors (Lipinski definition) is 10. The molecule has 13 heteroatoms. The average molecular weight is 660 g/mol. The summed E-state index contributed by atoms with van der Waals surface area (Å²) >= 11 is 2.08. The van der Waals surface area contributed by atoms with E-state index in [2.05, 4.69) is 5.32 Å². The molecule has 1 aromatic heterocycles. The Labute approximate surface area is 272 Å². The second-order valence-electron chi connectivity index (χ2n) is 10.5. The highest BCUT2D eigenvalue weighted by Crippen LogP contribution is 2.55. The quantitative estimate of drug-likeness (QED) is 0.203. The van der Waals surface area contributed by atoms with Crippen molar-refractivity contribution in [2.75, 3.05) is 31.0 Å². The molecule has 3 amide bonds. The summed E-state index contributed by atoms with van der Waals surface area (Å²) in [4.78, 5) is 68.1. The first-order chi connectivity index (χ1) is 22.2. The molecule has 2 aliphatic rings. The van der Waals surface area contributed by atoms with Crippen LogP contribution < -0.4 is 24.6 Å². The molecular formula is C33H29N3O8S2. The molecule has 2 aliphatic heterocycles. The van der Waals surface area contributed by atoms with Gasteiger partial charge in [0.2, 0.25) is 17.7 Å². The van der Waals surface area contributed by atoms with Crippen molar-refractivity contribution < 1.29 is 33.4 Å². The molecule has 3 atom stereocenters. The number of thioether (sulfide) groups is 1. The average Bonchev–Trinajstić information content (AvgIpc) is 3.51. The van der Waals surface area contributed by atoms with Crippen molar-refractivity contribution in [3.63, 3.8) is 0 Å². The fraction of sp³-hybridized carbons (Fsp3) is 0.242. The normalized spacial score (nSPS) is 18.5. The maximum atomic E-state index is 14.1. The van der Waals surface area contributed by atoms with E-state index in [0.29, 0.717) is 43.9 Å². The summed E-state index contributed by atoms with van der Waals surface area (Å²) in [5, 5.41) is 2.36. The fourth-order valence-electron chi connectivity index (χ4n) is 5.75. The Balaban J connectivity index is 1.35. The summed E-state index contributed by atoms with van der Waals surface area (Å²) in [5.74, 6) is -2.13. The van der Waals surface area contributed by atoms with Gasteiger partial charge in [0, 0.05) is 22.0 Å². The van der Waals surface area contributed by atoms with Crippen LogP contribution >= 0.6 is 23.1 Å². The number of ether oxygens (including phenoxy) is 3. The van der Waals surface area contributed by atoms with Gasteiger partial charge in [0.05, 0.1) is 43.0 Å². The third-order valence-corrected chi connectivity index (χ3v) is 10.4. The highest BCUT2D eigenvalue weighted by atomic mass is 32.2. The van der Waals surface area contributed by atoms with Gasteiger partial charge in [-0.15, -0.1) is 0 Å². The van der Waals surface area contributed by atoms with Gasteiger partial charge in [-0.3, -0.25) is 23.7 Å². The number of thiazole rings is 1. The number of benzene rings is 3. The Morgan fingerprint density at radius 3 is 2.28 bits per heavy atom. The van der Waals surface area contributed by atoms with Gasteiger partial charge in [-0.1, -0.05) is 41.3 Å². The van der Waals surface area contributed by atoms with Crippen molar-refractivity contribution in [3.05, 3.63) is 98.5 Å². The first-order valence-electron chi connectivity index (χ1n) is 14.4. The van der Waals surface area contributed by atoms with E-state index in [1.165, 1.54) is 35.8 Å². The van der Waals surface area contributed by atoms with Crippen LogP contribution in [0.4, 0.5) is 11.4 Å². The van der Waals surface area contributed by atoms with Crippen LogP contribution in [0.25, 0.3) is 0 Å². The van der Waals surface area contributed by atoms with Crippen molar-refractivity contribution in [1.29, 1.82) is 0 Å². The van der Waals surface area contributed by atoms with Crippen molar-refractivity contribution in [3.8, 4) is 11.5 Å². The zero-order valence-corrected chi connectivity index (χ0v) is 26.7. The number of fused-ring (bicyclic) bond motifs is 2. The minimum atomic E-state index is -0.851. The largest absolute Gasteiger partial charge is 0.497 e. The van der Waals surface area contributed by atoms with E-state index in [1.54, 1.807) is 55.5 Å². The number of hydrogen-bond donors (Lipinski definition) is 1. The van der Waals surface area contributed by atoms with E-state index in [4.69, 9.17) is 14.2 Å². The molecule has 6 rings (SSSR count). The van der Waals surface area contributed by atoms with E-state index in [-0.39, 0.29) is 19.1 Å². The molecule has 46 heavy (non-hydrogen) atoms. The number of aromatic nitrogens is 1. The fourth-order valence-corrected chi connectivity index (χ4v) is 8.51. The minimum absolute atomic E-state index is 0.244. The molecule has 11 nitrogen and oxygen atoms in total. The Morgan fingerprint density at radius 1 is 0.891 bits per heavy atom. The van der Waals surface area contributed by atoms with Crippen LogP contribution in [0, 0.1) is 5.92 Å². The van der Waals surface area contributed by atoms with Crippen molar-refractivity contribution in [1.82, 2.24) is 4.57 Å². The summed E-state index contributed by atoms with van der Waals surface area (Å²) < 4.78 is 17.2. The zero-order chi connectivity index (χ0) is 32.5. The SMILES string of the molecule is CCOC(=O)c1ccc(NC(=O)Cn2c3c(sc2=O)C(c2ccccc2OC)C2C(=O)N(c4ccc(OC)cc4)C(=O)C2S3)cc1. The Bertz CT molecular complexity index is 1880. The second-order valence-corrected chi connectivity index (χ2v) is 12.6. The van der Waals surface area contributed by atoms with Crippen molar-refractivity contribution in [2.45, 2.75) is 29.7 Å². The molecule has 1 saturated heterocycles. The highest BCUT2D eigenvalue weighted by molar-refractivity contribution is 8.00. The van der Waals surface area contributed by atoms with Gasteiger partial charge in [-0.25, -0.2) is 9.69 Å². The Morgan fingerprint density at radius 2 is 1.61 bits per heavy atom. The van der Waals surface area contributed by atoms with Crippen LogP contribution in [0.2, 0.25) is 0 Å². The van der Waals surface area contributed by atoms with Crippen LogP contribution in [-0.2, 0) is 25.7 Å². The van der Waals surface area contributed by atoms with Gasteiger partial charge in [0.15, 0.2) is 0 Å². The van der Waals surface area contributed by atoms with E-state index < -0.39 is 39.7 Å². The zero-order valence-electron chi connectivity index (χ0n) is 25.1. The number of imide groups is 1. The molecule has 3 unspecified atom stereocenters. The lowest BCUT2D eigenvalue weighted by Gasteiger charge is -2.31. The molecule has 4 aromatic rings. The van der Waals surface area contributed by atoms with E-state index >= 15 is 0 Å². The number of carbonyl (C=O) groups is 4. The molecule has 0 saturated carbocycles. The predicted molar refractivity (Wildman–Crippen MR) is 173 cm³/mol. The van der Waals surface area contributed by atoms with Gasteiger partial charge in [-0.2, -0.15) is 0 Å². The maximum Gasteiger partial charge on any atom is 0.338 e. The van der Waals surface area contributed by atoms with Crippen LogP contribution in [0.15, 0.2) is 82.6 Å². The molecule has 0 spiro atoms. The second kappa shape index (κ2) is 12.9. The summed E-state index contributed by atoms with van der Waals surface area (Å²) in [7, 11) is 3.06. The lowest BCUT2D eigenvalue weighted by molar-refractivity contribution is -0.122. The standard InChI is InChI=1S/C33H29N3O8S2/c1-4-44-32(40)18-9-11-19(12-10-18)34-24(37)17-35-31-28(46-33(35)41)25(22-7-5-6-8-23(22)43-3)26-27(45-31)30(39)36(29(26)38)20-13-15-21(42-2)16-14-20/h5-16,25-27H,4,17H2,1-3H3,(H,34,37). The van der Waals surface area contributed by atoms with Gasteiger partial charge in [0.25, 0.3) is 0 Å². The number of nitrogens with one attached hydrogen (secondary N) is 1. The molecule has 1 fully saturated rings. The smallest absolute Gasteiger partial charge is 0.338 e. The third-order valence-electron chi connectivity index (χ3n) is 7.84. The van der Waals surface area contributed by atoms with Crippen LogP contribution in [0.5, 0.6) is 11.5 Å². The Hall–Kier alpha value is -4.88. The lowest BCUT2D eigenvalue weighted by Crippen LogP contribution is -2.33. The summed E-state index contributed by atoms with van der Waals surface area (Å²) in [6.07, 6.45) is 0. The van der Waals surface area contributed by atoms with E-state index in [9.17, 15) is 24.0 Å². The molecule has 3 heterocycles. The van der Waals surface area contributed by atoms with Crippen molar-refractivity contribution >= 4 is 58.2 Å². The molecule has 0 radical (unpaired) electrons. The number of esters is 1. The molecule has 0 aliphatic carbocycles. The first kappa shape index (κ1) is 31.1. The number of methoxy groups -OCH3 is 2. The predicted octanol–water partition coefficient (Wildman–Crippen LogP) is 4.54. The monoisotopic (exact) mass is 659 g/mol. The van der Waals surface area contributed by atoms with E-state index in [0.717, 1.165) is 23.1 Å². The number of rotatable bonds is 9. The van der Waals surface area contributed by atoms with E-state index in [1.807, 2.05) is 12.1 Å². The number of anilines is 2. The van der Waals surface area contributed by atoms with Gasteiger partial charge < -0.3 is 19.5 Å². The third kappa shape index (κ3) is 5.56. The summed E-state index contributed by atoms with van der Waals surface area (Å²) in [6, 6.07) is 20.1. The number of amides is 3. The van der Waals surface area contributed by atoms with Crippen molar-refractivity contribution in [2.24, 2.45) is 5.92 Å². The lowest BCUT2D eigenvalue weighted by atomic mass is 9.82.